The molecule has 1 N–H and O–H groups in total. The summed E-state index contributed by atoms with van der Waals surface area (Å²) in [5.74, 6) is -0.664. The highest BCUT2D eigenvalue weighted by Gasteiger charge is 2.13. The van der Waals surface area contributed by atoms with Crippen LogP contribution in [-0.2, 0) is 4.79 Å². The van der Waals surface area contributed by atoms with Gasteiger partial charge in [0.05, 0.1) is 27.2 Å². The molecule has 3 heteroatoms. The lowest BCUT2D eigenvalue weighted by molar-refractivity contribution is -0.890. The minimum absolute atomic E-state index is 0.325. The first kappa shape index (κ1) is 20.4. The molecular weight excluding hydrogens is 262 g/mol. The van der Waals surface area contributed by atoms with Gasteiger partial charge in [0.25, 0.3) is 0 Å². The molecule has 0 aliphatic heterocycles. The number of nitrogens with zero attached hydrogens (tertiary/aromatic N) is 1. The average molecular weight is 301 g/mol. The van der Waals surface area contributed by atoms with Gasteiger partial charge in [0, 0.05) is 6.42 Å². The lowest BCUT2D eigenvalue weighted by Gasteiger charge is -2.30. The first-order valence-corrected chi connectivity index (χ1v) is 9.02. The smallest absolute Gasteiger partial charge is 0.303 e. The lowest BCUT2D eigenvalue weighted by atomic mass is 10.1. The summed E-state index contributed by atoms with van der Waals surface area (Å²) < 4.78 is 1.09. The summed E-state index contributed by atoms with van der Waals surface area (Å²) >= 11 is 0. The summed E-state index contributed by atoms with van der Waals surface area (Å²) in [5, 5.41) is 8.60. The van der Waals surface area contributed by atoms with Crippen molar-refractivity contribution in [1.82, 2.24) is 0 Å². The highest BCUT2D eigenvalue weighted by atomic mass is 16.4. The topological polar surface area (TPSA) is 37.3 Å². The second kappa shape index (κ2) is 13.1. The Bertz CT molecular complexity index is 252. The highest BCUT2D eigenvalue weighted by molar-refractivity contribution is 5.66. The largest absolute Gasteiger partial charge is 0.481 e. The predicted molar refractivity (Wildman–Crippen MR) is 90.6 cm³/mol. The standard InChI is InChI=1S/C18H37NO2/c1-4-5-6-7-8-9-10-13-16-19(2,3)17-14-11-12-15-18(20)21/h4-17H2,1-3H3/p+1. The lowest BCUT2D eigenvalue weighted by Crippen LogP contribution is -2.41. The van der Waals surface area contributed by atoms with E-state index in [2.05, 4.69) is 21.0 Å². The highest BCUT2D eigenvalue weighted by Crippen LogP contribution is 2.11. The number of hydrogen-bond acceptors (Lipinski definition) is 1. The van der Waals surface area contributed by atoms with Crippen LogP contribution in [0.3, 0.4) is 0 Å². The summed E-state index contributed by atoms with van der Waals surface area (Å²) in [6.07, 6.45) is 14.4. The average Bonchev–Trinajstić information content (AvgIpc) is 2.41. The molecule has 0 aromatic heterocycles. The van der Waals surface area contributed by atoms with Crippen molar-refractivity contribution in [3.63, 3.8) is 0 Å². The van der Waals surface area contributed by atoms with Crippen molar-refractivity contribution in [2.75, 3.05) is 27.2 Å². The Morgan fingerprint density at radius 3 is 1.67 bits per heavy atom. The zero-order valence-corrected chi connectivity index (χ0v) is 14.7. The summed E-state index contributed by atoms with van der Waals surface area (Å²) in [6, 6.07) is 0. The molecule has 0 unspecified atom stereocenters. The van der Waals surface area contributed by atoms with E-state index in [1.807, 2.05) is 0 Å². The van der Waals surface area contributed by atoms with E-state index in [1.165, 1.54) is 64.5 Å². The molecule has 0 heterocycles. The third-order valence-corrected chi connectivity index (χ3v) is 4.27. The van der Waals surface area contributed by atoms with Crippen LogP contribution in [0.25, 0.3) is 0 Å². The molecule has 0 amide bonds. The van der Waals surface area contributed by atoms with Gasteiger partial charge in [-0.3, -0.25) is 4.79 Å². The number of hydrogen-bond donors (Lipinski definition) is 1. The van der Waals surface area contributed by atoms with E-state index in [1.54, 1.807) is 0 Å². The Hall–Kier alpha value is -0.570. The second-order valence-electron chi connectivity index (χ2n) is 7.06. The molecule has 0 aromatic rings. The van der Waals surface area contributed by atoms with E-state index in [-0.39, 0.29) is 0 Å². The molecule has 0 saturated heterocycles. The second-order valence-corrected chi connectivity index (χ2v) is 7.06. The summed E-state index contributed by atoms with van der Waals surface area (Å²) in [4.78, 5) is 10.4. The van der Waals surface area contributed by atoms with Gasteiger partial charge in [-0.05, 0) is 32.1 Å². The van der Waals surface area contributed by atoms with Crippen LogP contribution < -0.4 is 0 Å². The molecule has 0 fully saturated rings. The number of rotatable bonds is 15. The molecule has 0 aromatic carbocycles. The van der Waals surface area contributed by atoms with Gasteiger partial charge in [0.15, 0.2) is 0 Å². The fraction of sp³-hybridized carbons (Fsp3) is 0.944. The molecule has 0 aliphatic carbocycles. The number of quaternary nitrogens is 1. The summed E-state index contributed by atoms with van der Waals surface area (Å²) in [5.41, 5.74) is 0. The molecular formula is C18H38NO2+. The Morgan fingerprint density at radius 2 is 1.19 bits per heavy atom. The van der Waals surface area contributed by atoms with Gasteiger partial charge in [-0.1, -0.05) is 45.4 Å². The molecule has 21 heavy (non-hydrogen) atoms. The predicted octanol–water partition coefficient (Wildman–Crippen LogP) is 4.85. The first-order chi connectivity index (χ1) is 9.98. The molecule has 0 spiro atoms. The fourth-order valence-electron chi connectivity index (χ4n) is 2.78. The van der Waals surface area contributed by atoms with Crippen LogP contribution in [0.15, 0.2) is 0 Å². The van der Waals surface area contributed by atoms with Crippen molar-refractivity contribution in [2.45, 2.75) is 84.0 Å². The van der Waals surface area contributed by atoms with Crippen molar-refractivity contribution in [1.29, 1.82) is 0 Å². The minimum Gasteiger partial charge on any atom is -0.481 e. The van der Waals surface area contributed by atoms with E-state index >= 15 is 0 Å². The van der Waals surface area contributed by atoms with E-state index in [0.717, 1.165) is 23.7 Å². The molecule has 126 valence electrons. The molecule has 3 nitrogen and oxygen atoms in total. The number of carbonyl (C=O) groups is 1. The van der Waals surface area contributed by atoms with Crippen LogP contribution in [0.2, 0.25) is 0 Å². The quantitative estimate of drug-likeness (QED) is 0.347. The first-order valence-electron chi connectivity index (χ1n) is 9.02. The Morgan fingerprint density at radius 1 is 0.762 bits per heavy atom. The maximum atomic E-state index is 10.4. The van der Waals surface area contributed by atoms with Crippen LogP contribution in [0, 0.1) is 0 Å². The monoisotopic (exact) mass is 300 g/mol. The number of unbranched alkanes of at least 4 members (excludes halogenated alkanes) is 9. The Labute approximate surface area is 132 Å². The van der Waals surface area contributed by atoms with Crippen molar-refractivity contribution in [3.8, 4) is 0 Å². The maximum Gasteiger partial charge on any atom is 0.303 e. The molecule has 0 bridgehead atoms. The van der Waals surface area contributed by atoms with Gasteiger partial charge in [-0.25, -0.2) is 0 Å². The maximum absolute atomic E-state index is 10.4. The van der Waals surface area contributed by atoms with Crippen LogP contribution in [0.1, 0.15) is 84.0 Å². The zero-order chi connectivity index (χ0) is 16.0. The molecule has 0 radical (unpaired) electrons. The SMILES string of the molecule is CCCCCCCCCC[N+](C)(C)CCCCCC(=O)O. The van der Waals surface area contributed by atoms with Crippen LogP contribution in [0.5, 0.6) is 0 Å². The van der Waals surface area contributed by atoms with Crippen LogP contribution in [0.4, 0.5) is 0 Å². The van der Waals surface area contributed by atoms with Crippen LogP contribution >= 0.6 is 0 Å². The minimum atomic E-state index is -0.664. The van der Waals surface area contributed by atoms with Gasteiger partial charge in [0.1, 0.15) is 0 Å². The molecule has 0 rings (SSSR count). The van der Waals surface area contributed by atoms with E-state index in [4.69, 9.17) is 5.11 Å². The molecule has 0 aliphatic rings. The third-order valence-electron chi connectivity index (χ3n) is 4.27. The van der Waals surface area contributed by atoms with Crippen molar-refractivity contribution in [2.24, 2.45) is 0 Å². The van der Waals surface area contributed by atoms with E-state index in [0.29, 0.717) is 6.42 Å². The number of aliphatic carboxylic acids is 1. The van der Waals surface area contributed by atoms with Gasteiger partial charge >= 0.3 is 5.97 Å². The van der Waals surface area contributed by atoms with Crippen molar-refractivity contribution < 1.29 is 14.4 Å². The van der Waals surface area contributed by atoms with Crippen LogP contribution in [-0.4, -0.2) is 42.7 Å². The molecule has 0 saturated carbocycles. The zero-order valence-electron chi connectivity index (χ0n) is 14.7. The van der Waals surface area contributed by atoms with E-state index < -0.39 is 5.97 Å². The van der Waals surface area contributed by atoms with Gasteiger partial charge in [-0.2, -0.15) is 0 Å². The van der Waals surface area contributed by atoms with Crippen molar-refractivity contribution in [3.05, 3.63) is 0 Å². The van der Waals surface area contributed by atoms with E-state index in [9.17, 15) is 4.79 Å². The summed E-state index contributed by atoms with van der Waals surface area (Å²) in [7, 11) is 4.61. The fourth-order valence-corrected chi connectivity index (χ4v) is 2.78. The Balaban J connectivity index is 3.40. The van der Waals surface area contributed by atoms with Gasteiger partial charge in [-0.15, -0.1) is 0 Å². The Kier molecular flexibility index (Phi) is 12.8. The third kappa shape index (κ3) is 15.6. The number of carboxylic acid groups (broad SMARTS) is 1. The van der Waals surface area contributed by atoms with Gasteiger partial charge < -0.3 is 9.59 Å². The number of carboxylic acids is 1. The molecule has 0 atom stereocenters. The van der Waals surface area contributed by atoms with Crippen molar-refractivity contribution >= 4 is 5.97 Å². The van der Waals surface area contributed by atoms with Gasteiger partial charge in [0.2, 0.25) is 0 Å². The normalized spacial score (nSPS) is 11.8. The summed E-state index contributed by atoms with van der Waals surface area (Å²) in [6.45, 7) is 4.70.